The van der Waals surface area contributed by atoms with Gasteiger partial charge in [-0.25, -0.2) is 0 Å². The average Bonchev–Trinajstić information content (AvgIpc) is 3.03. The van der Waals surface area contributed by atoms with Crippen LogP contribution in [0.5, 0.6) is 5.75 Å². The Balaban J connectivity index is 1.81. The molecule has 1 aromatic heterocycles. The fraction of sp³-hybridized carbons (Fsp3) is 0.444. The minimum atomic E-state index is -0.952. The number of ether oxygens (including phenoxy) is 1. The van der Waals surface area contributed by atoms with Gasteiger partial charge in [-0.05, 0) is 38.0 Å². The number of nitrogens with one attached hydrogen (secondary N) is 1. The summed E-state index contributed by atoms with van der Waals surface area (Å²) in [5.41, 5.74) is 0.872. The molecule has 1 amide bonds. The van der Waals surface area contributed by atoms with Crippen molar-refractivity contribution in [3.8, 4) is 5.75 Å². The lowest BCUT2D eigenvalue weighted by atomic mass is 9.99. The molecule has 0 aliphatic carbocycles. The van der Waals surface area contributed by atoms with Crippen molar-refractivity contribution in [3.05, 3.63) is 41.5 Å². The van der Waals surface area contributed by atoms with E-state index in [0.717, 1.165) is 11.3 Å². The van der Waals surface area contributed by atoms with Crippen LogP contribution in [0, 0.1) is 12.8 Å². The summed E-state index contributed by atoms with van der Waals surface area (Å²) in [6.07, 6.45) is 0.811. The Kier molecular flexibility index (Phi) is 7.13. The highest BCUT2D eigenvalue weighted by molar-refractivity contribution is 5.77. The number of nitrogens with zero attached hydrogens (tertiary/aromatic N) is 2. The zero-order valence-electron chi connectivity index (χ0n) is 14.9. The van der Waals surface area contributed by atoms with E-state index in [1.165, 1.54) is 0 Å². The molecular formula is C18H23N3O5. The van der Waals surface area contributed by atoms with Gasteiger partial charge in [-0.3, -0.25) is 9.59 Å². The van der Waals surface area contributed by atoms with Crippen molar-refractivity contribution in [1.29, 1.82) is 0 Å². The third-order valence-electron chi connectivity index (χ3n) is 3.75. The van der Waals surface area contributed by atoms with E-state index in [9.17, 15) is 14.7 Å². The zero-order chi connectivity index (χ0) is 18.9. The first-order valence-electron chi connectivity index (χ1n) is 8.48. The third-order valence-corrected chi connectivity index (χ3v) is 3.75. The van der Waals surface area contributed by atoms with Gasteiger partial charge in [0.1, 0.15) is 5.75 Å². The number of benzene rings is 1. The average molecular weight is 361 g/mol. The molecule has 0 fully saturated rings. The van der Waals surface area contributed by atoms with E-state index in [4.69, 9.17) is 9.26 Å². The van der Waals surface area contributed by atoms with Gasteiger partial charge in [0.05, 0.1) is 12.5 Å². The minimum Gasteiger partial charge on any atom is -0.494 e. The number of aromatic nitrogens is 2. The summed E-state index contributed by atoms with van der Waals surface area (Å²) < 4.78 is 10.3. The van der Waals surface area contributed by atoms with Crippen molar-refractivity contribution >= 4 is 11.9 Å². The molecule has 8 nitrogen and oxygen atoms in total. The standard InChI is InChI=1S/C18H23N3O5/c1-3-25-15-6-4-13(5-7-15)10-14(18(23)24)11-19-16(22)8-9-17-20-12(2)21-26-17/h4-7,14H,3,8-11H2,1-2H3,(H,19,22)(H,23,24). The molecule has 2 rings (SSSR count). The Morgan fingerprint density at radius 1 is 1.31 bits per heavy atom. The summed E-state index contributed by atoms with van der Waals surface area (Å²) in [7, 11) is 0. The number of carboxylic acid groups (broad SMARTS) is 1. The first kappa shape index (κ1) is 19.4. The molecule has 0 spiro atoms. The number of hydrogen-bond donors (Lipinski definition) is 2. The molecule has 0 radical (unpaired) electrons. The van der Waals surface area contributed by atoms with E-state index >= 15 is 0 Å². The van der Waals surface area contributed by atoms with E-state index in [2.05, 4.69) is 15.5 Å². The van der Waals surface area contributed by atoms with Gasteiger partial charge >= 0.3 is 5.97 Å². The van der Waals surface area contributed by atoms with Gasteiger partial charge in [-0.2, -0.15) is 4.98 Å². The van der Waals surface area contributed by atoms with Crippen LogP contribution in [0.4, 0.5) is 0 Å². The first-order valence-corrected chi connectivity index (χ1v) is 8.48. The van der Waals surface area contributed by atoms with Crippen LogP contribution >= 0.6 is 0 Å². The lowest BCUT2D eigenvalue weighted by Crippen LogP contribution is -2.34. The molecule has 0 aliphatic rings. The van der Waals surface area contributed by atoms with Gasteiger partial charge in [-0.15, -0.1) is 0 Å². The van der Waals surface area contributed by atoms with Crippen LogP contribution in [0.15, 0.2) is 28.8 Å². The molecular weight excluding hydrogens is 338 g/mol. The molecule has 8 heteroatoms. The van der Waals surface area contributed by atoms with Crippen LogP contribution in [0.3, 0.4) is 0 Å². The molecule has 2 aromatic rings. The molecule has 0 bridgehead atoms. The summed E-state index contributed by atoms with van der Waals surface area (Å²) in [6, 6.07) is 7.28. The highest BCUT2D eigenvalue weighted by Gasteiger charge is 2.19. The molecule has 26 heavy (non-hydrogen) atoms. The first-order chi connectivity index (χ1) is 12.5. The van der Waals surface area contributed by atoms with Gasteiger partial charge < -0.3 is 19.7 Å². The monoisotopic (exact) mass is 361 g/mol. The molecule has 1 aromatic carbocycles. The summed E-state index contributed by atoms with van der Waals surface area (Å²) in [5, 5.41) is 15.7. The Morgan fingerprint density at radius 3 is 2.62 bits per heavy atom. The third kappa shape index (κ3) is 6.19. The lowest BCUT2D eigenvalue weighted by molar-refractivity contribution is -0.141. The molecule has 1 unspecified atom stereocenters. The number of carboxylic acids is 1. The van der Waals surface area contributed by atoms with E-state index in [0.29, 0.717) is 31.2 Å². The number of carbonyl (C=O) groups is 2. The predicted molar refractivity (Wildman–Crippen MR) is 92.8 cm³/mol. The summed E-state index contributed by atoms with van der Waals surface area (Å²) in [5.74, 6) is -0.260. The second kappa shape index (κ2) is 9.55. The number of aryl methyl sites for hydroxylation is 2. The quantitative estimate of drug-likeness (QED) is 0.663. The Morgan fingerprint density at radius 2 is 2.04 bits per heavy atom. The van der Waals surface area contributed by atoms with Crippen molar-refractivity contribution in [2.75, 3.05) is 13.2 Å². The van der Waals surface area contributed by atoms with Crippen LogP contribution in [0.2, 0.25) is 0 Å². The van der Waals surface area contributed by atoms with E-state index in [1.54, 1.807) is 6.92 Å². The lowest BCUT2D eigenvalue weighted by Gasteiger charge is -2.14. The van der Waals surface area contributed by atoms with Gasteiger partial charge in [0, 0.05) is 19.4 Å². The molecule has 0 saturated heterocycles. The predicted octanol–water partition coefficient (Wildman–Crippen LogP) is 1.77. The fourth-order valence-electron chi connectivity index (χ4n) is 2.41. The largest absolute Gasteiger partial charge is 0.494 e. The van der Waals surface area contributed by atoms with Crippen molar-refractivity contribution in [1.82, 2.24) is 15.5 Å². The fourth-order valence-corrected chi connectivity index (χ4v) is 2.41. The topological polar surface area (TPSA) is 115 Å². The van der Waals surface area contributed by atoms with Crippen LogP contribution in [0.25, 0.3) is 0 Å². The Hall–Kier alpha value is -2.90. The second-order valence-corrected chi connectivity index (χ2v) is 5.86. The second-order valence-electron chi connectivity index (χ2n) is 5.86. The zero-order valence-corrected chi connectivity index (χ0v) is 14.9. The van der Waals surface area contributed by atoms with Crippen molar-refractivity contribution in [2.45, 2.75) is 33.1 Å². The van der Waals surface area contributed by atoms with Crippen LogP contribution in [0.1, 0.15) is 30.6 Å². The molecule has 140 valence electrons. The number of rotatable bonds is 10. The Labute approximate surface area is 151 Å². The van der Waals surface area contributed by atoms with Gasteiger partial charge in [0.25, 0.3) is 0 Å². The number of amides is 1. The molecule has 2 N–H and O–H groups in total. The number of aliphatic carboxylic acids is 1. The van der Waals surface area contributed by atoms with Gasteiger partial charge in [0.2, 0.25) is 11.8 Å². The summed E-state index contributed by atoms with van der Waals surface area (Å²) in [6.45, 7) is 4.23. The van der Waals surface area contributed by atoms with Crippen molar-refractivity contribution in [2.24, 2.45) is 5.92 Å². The maximum absolute atomic E-state index is 11.9. The molecule has 1 heterocycles. The van der Waals surface area contributed by atoms with E-state index in [-0.39, 0.29) is 18.9 Å². The number of hydrogen-bond acceptors (Lipinski definition) is 6. The maximum atomic E-state index is 11.9. The maximum Gasteiger partial charge on any atom is 0.308 e. The van der Waals surface area contributed by atoms with Gasteiger partial charge in [0.15, 0.2) is 5.82 Å². The van der Waals surface area contributed by atoms with E-state index < -0.39 is 11.9 Å². The van der Waals surface area contributed by atoms with Crippen LogP contribution < -0.4 is 10.1 Å². The summed E-state index contributed by atoms with van der Waals surface area (Å²) in [4.78, 5) is 27.4. The Bertz CT molecular complexity index is 727. The van der Waals surface area contributed by atoms with Crippen LogP contribution in [-0.4, -0.2) is 40.3 Å². The van der Waals surface area contributed by atoms with Gasteiger partial charge in [-0.1, -0.05) is 17.3 Å². The highest BCUT2D eigenvalue weighted by Crippen LogP contribution is 2.15. The van der Waals surface area contributed by atoms with Crippen molar-refractivity contribution in [3.63, 3.8) is 0 Å². The summed E-state index contributed by atoms with van der Waals surface area (Å²) >= 11 is 0. The molecule has 1 atom stereocenters. The minimum absolute atomic E-state index is 0.0598. The van der Waals surface area contributed by atoms with Crippen LogP contribution in [-0.2, 0) is 22.4 Å². The number of carbonyl (C=O) groups excluding carboxylic acids is 1. The normalized spacial score (nSPS) is 11.8. The molecule has 0 saturated carbocycles. The van der Waals surface area contributed by atoms with E-state index in [1.807, 2.05) is 31.2 Å². The smallest absolute Gasteiger partial charge is 0.308 e. The van der Waals surface area contributed by atoms with Crippen molar-refractivity contribution < 1.29 is 24.0 Å². The molecule has 0 aliphatic heterocycles. The highest BCUT2D eigenvalue weighted by atomic mass is 16.5. The SMILES string of the molecule is CCOc1ccc(CC(CNC(=O)CCc2nc(C)no2)C(=O)O)cc1.